The Morgan fingerprint density at radius 3 is 2.68 bits per heavy atom. The predicted molar refractivity (Wildman–Crippen MR) is 95.2 cm³/mol. The SMILES string of the molecule is CCN(C(=O)NC1CC(=O)N(c2cccc(F)c2)C1)c1ccccc1. The number of carbonyl (C=O) groups excluding carboxylic acids is 2. The van der Waals surface area contributed by atoms with Gasteiger partial charge in [-0.05, 0) is 37.3 Å². The molecule has 1 N–H and O–H groups in total. The molecule has 6 heteroatoms. The number of urea groups is 1. The van der Waals surface area contributed by atoms with Crippen molar-refractivity contribution in [1.82, 2.24) is 5.32 Å². The van der Waals surface area contributed by atoms with Crippen LogP contribution in [0.25, 0.3) is 0 Å². The number of para-hydroxylation sites is 1. The highest BCUT2D eigenvalue weighted by Crippen LogP contribution is 2.22. The van der Waals surface area contributed by atoms with Crippen molar-refractivity contribution < 1.29 is 14.0 Å². The van der Waals surface area contributed by atoms with E-state index in [0.717, 1.165) is 5.69 Å². The van der Waals surface area contributed by atoms with Crippen LogP contribution in [0.5, 0.6) is 0 Å². The number of benzene rings is 2. The molecule has 2 aromatic carbocycles. The van der Waals surface area contributed by atoms with Gasteiger partial charge in [-0.2, -0.15) is 0 Å². The van der Waals surface area contributed by atoms with E-state index in [9.17, 15) is 14.0 Å². The van der Waals surface area contributed by atoms with Crippen molar-refractivity contribution in [3.8, 4) is 0 Å². The number of nitrogens with one attached hydrogen (secondary N) is 1. The van der Waals surface area contributed by atoms with E-state index in [0.29, 0.717) is 18.8 Å². The first-order valence-corrected chi connectivity index (χ1v) is 8.27. The Labute approximate surface area is 146 Å². The van der Waals surface area contributed by atoms with Gasteiger partial charge >= 0.3 is 6.03 Å². The molecule has 1 atom stereocenters. The number of carbonyl (C=O) groups is 2. The maximum atomic E-state index is 13.4. The fourth-order valence-corrected chi connectivity index (χ4v) is 3.00. The van der Waals surface area contributed by atoms with Gasteiger partial charge in [0.05, 0.1) is 6.04 Å². The molecule has 1 heterocycles. The molecule has 1 saturated heterocycles. The summed E-state index contributed by atoms with van der Waals surface area (Å²) in [5.74, 6) is -0.516. The highest BCUT2D eigenvalue weighted by Gasteiger charge is 2.32. The quantitative estimate of drug-likeness (QED) is 0.929. The minimum atomic E-state index is -0.390. The lowest BCUT2D eigenvalue weighted by atomic mass is 10.2. The molecular weight excluding hydrogens is 321 g/mol. The van der Waals surface area contributed by atoms with Gasteiger partial charge in [-0.3, -0.25) is 9.69 Å². The molecule has 25 heavy (non-hydrogen) atoms. The zero-order chi connectivity index (χ0) is 17.8. The van der Waals surface area contributed by atoms with Crippen LogP contribution in [-0.4, -0.2) is 31.1 Å². The highest BCUT2D eigenvalue weighted by molar-refractivity contribution is 5.98. The monoisotopic (exact) mass is 341 g/mol. The molecule has 0 aliphatic carbocycles. The Bertz CT molecular complexity index is 766. The first kappa shape index (κ1) is 17.0. The Kier molecular flexibility index (Phi) is 4.97. The highest BCUT2D eigenvalue weighted by atomic mass is 19.1. The van der Waals surface area contributed by atoms with Crippen molar-refractivity contribution in [2.24, 2.45) is 0 Å². The normalized spacial score (nSPS) is 16.8. The molecule has 2 aromatic rings. The fourth-order valence-electron chi connectivity index (χ4n) is 3.00. The Hall–Kier alpha value is -2.89. The molecular formula is C19H20FN3O2. The molecule has 0 bridgehead atoms. The van der Waals surface area contributed by atoms with E-state index in [-0.39, 0.29) is 30.2 Å². The summed E-state index contributed by atoms with van der Waals surface area (Å²) in [7, 11) is 0. The van der Waals surface area contributed by atoms with E-state index < -0.39 is 0 Å². The van der Waals surface area contributed by atoms with Gasteiger partial charge in [0.2, 0.25) is 5.91 Å². The zero-order valence-corrected chi connectivity index (χ0v) is 14.0. The lowest BCUT2D eigenvalue weighted by Gasteiger charge is -2.24. The summed E-state index contributed by atoms with van der Waals surface area (Å²) in [4.78, 5) is 27.9. The van der Waals surface area contributed by atoms with Gasteiger partial charge in [-0.25, -0.2) is 9.18 Å². The summed E-state index contributed by atoms with van der Waals surface area (Å²) in [6.45, 7) is 2.75. The predicted octanol–water partition coefficient (Wildman–Crippen LogP) is 3.17. The molecule has 0 spiro atoms. The molecule has 0 saturated carbocycles. The number of nitrogens with zero attached hydrogens (tertiary/aromatic N) is 2. The molecule has 1 aliphatic heterocycles. The number of halogens is 1. The van der Waals surface area contributed by atoms with Crippen molar-refractivity contribution in [2.45, 2.75) is 19.4 Å². The molecule has 0 radical (unpaired) electrons. The van der Waals surface area contributed by atoms with E-state index in [1.165, 1.54) is 17.0 Å². The van der Waals surface area contributed by atoms with Crippen LogP contribution >= 0.6 is 0 Å². The first-order valence-electron chi connectivity index (χ1n) is 8.27. The molecule has 1 unspecified atom stereocenters. The first-order chi connectivity index (χ1) is 12.1. The molecule has 1 fully saturated rings. The maximum Gasteiger partial charge on any atom is 0.322 e. The topological polar surface area (TPSA) is 52.7 Å². The molecule has 3 rings (SSSR count). The molecule has 5 nitrogen and oxygen atoms in total. The second-order valence-electron chi connectivity index (χ2n) is 5.91. The summed E-state index contributed by atoms with van der Waals surface area (Å²) in [6.07, 6.45) is 0.203. The van der Waals surface area contributed by atoms with E-state index in [1.807, 2.05) is 37.3 Å². The van der Waals surface area contributed by atoms with E-state index >= 15 is 0 Å². The third-order valence-corrected chi connectivity index (χ3v) is 4.20. The van der Waals surface area contributed by atoms with E-state index in [2.05, 4.69) is 5.32 Å². The van der Waals surface area contributed by atoms with Crippen LogP contribution in [0.3, 0.4) is 0 Å². The van der Waals surface area contributed by atoms with Crippen molar-refractivity contribution in [3.05, 3.63) is 60.4 Å². The summed E-state index contributed by atoms with van der Waals surface area (Å²) in [6, 6.07) is 14.7. The van der Waals surface area contributed by atoms with Gasteiger partial charge in [-0.15, -0.1) is 0 Å². The number of amides is 3. The molecule has 0 aromatic heterocycles. The average Bonchev–Trinajstić information content (AvgIpc) is 2.97. The summed E-state index contributed by atoms with van der Waals surface area (Å²) >= 11 is 0. The van der Waals surface area contributed by atoms with Crippen LogP contribution in [0, 0.1) is 5.82 Å². The third-order valence-electron chi connectivity index (χ3n) is 4.20. The van der Waals surface area contributed by atoms with Crippen molar-refractivity contribution >= 4 is 23.3 Å². The van der Waals surface area contributed by atoms with E-state index in [1.54, 1.807) is 17.0 Å². The standard InChI is InChI=1S/C19H20FN3O2/c1-2-22(16-8-4-3-5-9-16)19(25)21-15-12-18(24)23(13-15)17-10-6-7-14(20)11-17/h3-11,15H,2,12-13H2,1H3,(H,21,25). The Morgan fingerprint density at radius 1 is 1.24 bits per heavy atom. The number of hydrogen-bond acceptors (Lipinski definition) is 2. The van der Waals surface area contributed by atoms with Crippen molar-refractivity contribution in [2.75, 3.05) is 22.9 Å². The van der Waals surface area contributed by atoms with Gasteiger partial charge in [0.1, 0.15) is 5.82 Å². The largest absolute Gasteiger partial charge is 0.333 e. The van der Waals surface area contributed by atoms with Crippen LogP contribution in [0.15, 0.2) is 54.6 Å². The van der Waals surface area contributed by atoms with Crippen LogP contribution < -0.4 is 15.1 Å². The number of anilines is 2. The number of hydrogen-bond donors (Lipinski definition) is 1. The van der Waals surface area contributed by atoms with Gasteiger partial charge in [0, 0.05) is 30.9 Å². The Morgan fingerprint density at radius 2 is 2.00 bits per heavy atom. The summed E-state index contributed by atoms with van der Waals surface area (Å²) in [5, 5.41) is 2.90. The van der Waals surface area contributed by atoms with Gasteiger partial charge < -0.3 is 10.2 Å². The van der Waals surface area contributed by atoms with Crippen molar-refractivity contribution in [1.29, 1.82) is 0 Å². The van der Waals surface area contributed by atoms with Gasteiger partial charge in [0.15, 0.2) is 0 Å². The van der Waals surface area contributed by atoms with Crippen LogP contribution in [0.4, 0.5) is 20.6 Å². The maximum absolute atomic E-state index is 13.4. The van der Waals surface area contributed by atoms with Gasteiger partial charge in [0.25, 0.3) is 0 Å². The molecule has 3 amide bonds. The van der Waals surface area contributed by atoms with Crippen LogP contribution in [-0.2, 0) is 4.79 Å². The lowest BCUT2D eigenvalue weighted by molar-refractivity contribution is -0.117. The minimum absolute atomic E-state index is 0.126. The third kappa shape index (κ3) is 3.79. The summed E-state index contributed by atoms with van der Waals surface area (Å²) in [5.41, 5.74) is 1.31. The van der Waals surface area contributed by atoms with E-state index in [4.69, 9.17) is 0 Å². The number of rotatable bonds is 4. The Balaban J connectivity index is 1.67. The van der Waals surface area contributed by atoms with Crippen LogP contribution in [0.1, 0.15) is 13.3 Å². The van der Waals surface area contributed by atoms with Gasteiger partial charge in [-0.1, -0.05) is 24.3 Å². The zero-order valence-electron chi connectivity index (χ0n) is 14.0. The average molecular weight is 341 g/mol. The second-order valence-corrected chi connectivity index (χ2v) is 5.91. The summed E-state index contributed by atoms with van der Waals surface area (Å²) < 4.78 is 13.4. The minimum Gasteiger partial charge on any atom is -0.333 e. The second kappa shape index (κ2) is 7.34. The van der Waals surface area contributed by atoms with Crippen LogP contribution in [0.2, 0.25) is 0 Å². The molecule has 1 aliphatic rings. The fraction of sp³-hybridized carbons (Fsp3) is 0.263. The smallest absolute Gasteiger partial charge is 0.322 e. The lowest BCUT2D eigenvalue weighted by Crippen LogP contribution is -2.46. The molecule has 130 valence electrons. The van der Waals surface area contributed by atoms with Crippen molar-refractivity contribution in [3.63, 3.8) is 0 Å².